The second kappa shape index (κ2) is 6.73. The molecule has 0 bridgehead atoms. The van der Waals surface area contributed by atoms with Gasteiger partial charge in [0.15, 0.2) is 0 Å². The Morgan fingerprint density at radius 2 is 2.11 bits per heavy atom. The SMILES string of the molecule is CCCCc1nc(Cc2ccccc2Cl)c(CO)[nH]1. The first-order chi connectivity index (χ1) is 9.24. The number of aliphatic hydroxyl groups excluding tert-OH is 1. The number of nitrogens with zero attached hydrogens (tertiary/aromatic N) is 1. The molecular formula is C15H19ClN2O. The van der Waals surface area contributed by atoms with Gasteiger partial charge in [0.1, 0.15) is 5.82 Å². The number of hydrogen-bond acceptors (Lipinski definition) is 2. The molecule has 0 saturated heterocycles. The molecule has 0 aliphatic rings. The quantitative estimate of drug-likeness (QED) is 0.850. The van der Waals surface area contributed by atoms with Gasteiger partial charge in [-0.05, 0) is 18.1 Å². The molecule has 0 aliphatic heterocycles. The first-order valence-electron chi connectivity index (χ1n) is 6.65. The second-order valence-corrected chi connectivity index (χ2v) is 5.05. The normalized spacial score (nSPS) is 10.9. The summed E-state index contributed by atoms with van der Waals surface area (Å²) in [4.78, 5) is 7.78. The fourth-order valence-corrected chi connectivity index (χ4v) is 2.27. The first-order valence-corrected chi connectivity index (χ1v) is 7.03. The third-order valence-corrected chi connectivity index (χ3v) is 3.52. The first kappa shape index (κ1) is 14.1. The standard InChI is InChI=1S/C15H19ClN2O/c1-2-3-8-15-17-13(14(10-19)18-15)9-11-6-4-5-7-12(11)16/h4-7,19H,2-3,8-10H2,1H3,(H,17,18). The number of unbranched alkanes of at least 4 members (excludes halogenated alkanes) is 1. The Kier molecular flexibility index (Phi) is 5.00. The summed E-state index contributed by atoms with van der Waals surface area (Å²) in [5.74, 6) is 0.952. The molecule has 4 heteroatoms. The van der Waals surface area contributed by atoms with E-state index in [-0.39, 0.29) is 6.61 Å². The molecule has 0 spiro atoms. The monoisotopic (exact) mass is 278 g/mol. The topological polar surface area (TPSA) is 48.9 Å². The largest absolute Gasteiger partial charge is 0.390 e. The molecule has 2 aromatic rings. The summed E-state index contributed by atoms with van der Waals surface area (Å²) in [5.41, 5.74) is 2.72. The molecule has 1 aromatic heterocycles. The molecule has 0 saturated carbocycles. The van der Waals surface area contributed by atoms with Gasteiger partial charge in [-0.25, -0.2) is 4.98 Å². The highest BCUT2D eigenvalue weighted by atomic mass is 35.5. The van der Waals surface area contributed by atoms with E-state index < -0.39 is 0 Å². The van der Waals surface area contributed by atoms with Crippen molar-refractivity contribution in [1.82, 2.24) is 9.97 Å². The molecule has 1 heterocycles. The number of aryl methyl sites for hydroxylation is 1. The molecule has 1 aromatic carbocycles. The minimum Gasteiger partial charge on any atom is -0.390 e. The summed E-state index contributed by atoms with van der Waals surface area (Å²) in [6, 6.07) is 7.74. The van der Waals surface area contributed by atoms with Gasteiger partial charge >= 0.3 is 0 Å². The van der Waals surface area contributed by atoms with Gasteiger partial charge in [0.25, 0.3) is 0 Å². The van der Waals surface area contributed by atoms with Crippen molar-refractivity contribution in [2.75, 3.05) is 0 Å². The van der Waals surface area contributed by atoms with Crippen molar-refractivity contribution in [3.63, 3.8) is 0 Å². The van der Waals surface area contributed by atoms with E-state index in [4.69, 9.17) is 11.6 Å². The van der Waals surface area contributed by atoms with Crippen LogP contribution in [0, 0.1) is 0 Å². The van der Waals surface area contributed by atoms with E-state index in [9.17, 15) is 5.11 Å². The van der Waals surface area contributed by atoms with Crippen LogP contribution in [-0.2, 0) is 19.4 Å². The predicted octanol–water partition coefficient (Wildman–Crippen LogP) is 3.49. The zero-order chi connectivity index (χ0) is 13.7. The smallest absolute Gasteiger partial charge is 0.106 e. The number of aromatic amines is 1. The summed E-state index contributed by atoms with van der Waals surface area (Å²) >= 11 is 6.16. The van der Waals surface area contributed by atoms with Gasteiger partial charge in [-0.15, -0.1) is 0 Å². The molecular weight excluding hydrogens is 260 g/mol. The number of rotatable bonds is 6. The van der Waals surface area contributed by atoms with Crippen molar-refractivity contribution < 1.29 is 5.11 Å². The minimum absolute atomic E-state index is 0.0150. The maximum absolute atomic E-state index is 9.40. The molecule has 19 heavy (non-hydrogen) atoms. The van der Waals surface area contributed by atoms with Crippen molar-refractivity contribution in [1.29, 1.82) is 0 Å². The van der Waals surface area contributed by atoms with Crippen LogP contribution in [0.25, 0.3) is 0 Å². The van der Waals surface area contributed by atoms with Crippen LogP contribution in [-0.4, -0.2) is 15.1 Å². The van der Waals surface area contributed by atoms with Crippen LogP contribution in [0.4, 0.5) is 0 Å². The lowest BCUT2D eigenvalue weighted by Crippen LogP contribution is -1.95. The van der Waals surface area contributed by atoms with Gasteiger partial charge in [-0.1, -0.05) is 43.1 Å². The third kappa shape index (κ3) is 3.58. The highest BCUT2D eigenvalue weighted by molar-refractivity contribution is 6.31. The van der Waals surface area contributed by atoms with E-state index >= 15 is 0 Å². The number of aliphatic hydroxyl groups is 1. The van der Waals surface area contributed by atoms with Gasteiger partial charge in [-0.2, -0.15) is 0 Å². The lowest BCUT2D eigenvalue weighted by atomic mass is 10.1. The Bertz CT molecular complexity index is 537. The van der Waals surface area contributed by atoms with E-state index in [0.717, 1.165) is 47.1 Å². The fourth-order valence-electron chi connectivity index (χ4n) is 2.07. The van der Waals surface area contributed by atoms with E-state index in [0.29, 0.717) is 6.42 Å². The molecule has 102 valence electrons. The van der Waals surface area contributed by atoms with Crippen LogP contribution < -0.4 is 0 Å². The van der Waals surface area contributed by atoms with Crippen LogP contribution >= 0.6 is 11.6 Å². The molecule has 3 nitrogen and oxygen atoms in total. The van der Waals surface area contributed by atoms with E-state index in [1.165, 1.54) is 0 Å². The molecule has 2 rings (SSSR count). The summed E-state index contributed by atoms with van der Waals surface area (Å²) in [7, 11) is 0. The Hall–Kier alpha value is -1.32. The minimum atomic E-state index is -0.0150. The zero-order valence-corrected chi connectivity index (χ0v) is 11.9. The summed E-state index contributed by atoms with van der Waals surface area (Å²) in [6.45, 7) is 2.14. The average molecular weight is 279 g/mol. The van der Waals surface area contributed by atoms with Gasteiger partial charge in [0, 0.05) is 17.9 Å². The highest BCUT2D eigenvalue weighted by Crippen LogP contribution is 2.20. The van der Waals surface area contributed by atoms with Gasteiger partial charge in [0.05, 0.1) is 18.0 Å². The van der Waals surface area contributed by atoms with Gasteiger partial charge < -0.3 is 10.1 Å². The lowest BCUT2D eigenvalue weighted by Gasteiger charge is -2.02. The number of H-pyrrole nitrogens is 1. The predicted molar refractivity (Wildman–Crippen MR) is 77.4 cm³/mol. The maximum atomic E-state index is 9.40. The van der Waals surface area contributed by atoms with Crippen LogP contribution in [0.3, 0.4) is 0 Å². The van der Waals surface area contributed by atoms with Crippen molar-refractivity contribution in [3.8, 4) is 0 Å². The van der Waals surface area contributed by atoms with E-state index in [2.05, 4.69) is 16.9 Å². The number of hydrogen-bond donors (Lipinski definition) is 2. The fraction of sp³-hybridized carbons (Fsp3) is 0.400. The van der Waals surface area contributed by atoms with Crippen LogP contribution in [0.2, 0.25) is 5.02 Å². The number of aromatic nitrogens is 2. The Balaban J connectivity index is 2.19. The van der Waals surface area contributed by atoms with E-state index in [1.807, 2.05) is 24.3 Å². The Morgan fingerprint density at radius 1 is 1.32 bits per heavy atom. The van der Waals surface area contributed by atoms with Crippen LogP contribution in [0.15, 0.2) is 24.3 Å². The zero-order valence-electron chi connectivity index (χ0n) is 11.1. The van der Waals surface area contributed by atoms with Crippen molar-refractivity contribution in [2.24, 2.45) is 0 Å². The lowest BCUT2D eigenvalue weighted by molar-refractivity contribution is 0.276. The molecule has 0 aliphatic carbocycles. The summed E-state index contributed by atoms with van der Waals surface area (Å²) < 4.78 is 0. The third-order valence-electron chi connectivity index (χ3n) is 3.15. The molecule has 2 N–H and O–H groups in total. The molecule has 0 atom stereocenters. The summed E-state index contributed by atoms with van der Waals surface area (Å²) in [5, 5.41) is 10.1. The Labute approximate surface area is 118 Å². The van der Waals surface area contributed by atoms with Gasteiger partial charge in [-0.3, -0.25) is 0 Å². The number of halogens is 1. The average Bonchev–Trinajstić information content (AvgIpc) is 2.81. The van der Waals surface area contributed by atoms with Crippen molar-refractivity contribution in [2.45, 2.75) is 39.2 Å². The Morgan fingerprint density at radius 3 is 2.79 bits per heavy atom. The number of benzene rings is 1. The molecule has 0 amide bonds. The summed E-state index contributed by atoms with van der Waals surface area (Å²) in [6.07, 6.45) is 3.81. The van der Waals surface area contributed by atoms with Gasteiger partial charge in [0.2, 0.25) is 0 Å². The van der Waals surface area contributed by atoms with Crippen LogP contribution in [0.1, 0.15) is 42.5 Å². The molecule has 0 unspecified atom stereocenters. The highest BCUT2D eigenvalue weighted by Gasteiger charge is 2.11. The van der Waals surface area contributed by atoms with Crippen molar-refractivity contribution in [3.05, 3.63) is 52.1 Å². The van der Waals surface area contributed by atoms with Crippen molar-refractivity contribution >= 4 is 11.6 Å². The number of imidazole rings is 1. The molecule has 0 radical (unpaired) electrons. The van der Waals surface area contributed by atoms with E-state index in [1.54, 1.807) is 0 Å². The number of nitrogens with one attached hydrogen (secondary N) is 1. The molecule has 0 fully saturated rings. The van der Waals surface area contributed by atoms with Crippen LogP contribution in [0.5, 0.6) is 0 Å². The maximum Gasteiger partial charge on any atom is 0.106 e. The second-order valence-electron chi connectivity index (χ2n) is 4.64.